The standard InChI is InChI=1S/C25H30N4O3/c1-4-28-14-12-19(13-15-28)26-25(30)24-21(17-29(27-24)20-8-6-5-7-9-20)18-10-11-22(31-2)23(16-18)32-3/h5-11,16-17,19H,4,12-15H2,1-3H3,(H,26,30). The molecule has 1 aromatic heterocycles. The van der Waals surface area contributed by atoms with Crippen molar-refractivity contribution in [3.63, 3.8) is 0 Å². The van der Waals surface area contributed by atoms with E-state index >= 15 is 0 Å². The van der Waals surface area contributed by atoms with E-state index in [1.165, 1.54) is 0 Å². The molecule has 0 radical (unpaired) electrons. The number of ether oxygens (including phenoxy) is 2. The molecule has 0 spiro atoms. The van der Waals surface area contributed by atoms with Crippen molar-refractivity contribution in [3.05, 3.63) is 60.4 Å². The first-order chi connectivity index (χ1) is 15.6. The van der Waals surface area contributed by atoms with Gasteiger partial charge in [0, 0.05) is 30.9 Å². The zero-order valence-corrected chi connectivity index (χ0v) is 18.9. The number of nitrogens with zero attached hydrogens (tertiary/aromatic N) is 3. The number of para-hydroxylation sites is 1. The van der Waals surface area contributed by atoms with Gasteiger partial charge in [-0.3, -0.25) is 4.79 Å². The molecule has 0 bridgehead atoms. The predicted octanol–water partition coefficient (Wildman–Crippen LogP) is 3.77. The molecule has 168 valence electrons. The fourth-order valence-electron chi connectivity index (χ4n) is 4.12. The van der Waals surface area contributed by atoms with Gasteiger partial charge in [-0.2, -0.15) is 5.10 Å². The molecule has 2 heterocycles. The Labute approximate surface area is 188 Å². The summed E-state index contributed by atoms with van der Waals surface area (Å²) in [5.74, 6) is 1.09. The summed E-state index contributed by atoms with van der Waals surface area (Å²) in [4.78, 5) is 15.7. The third kappa shape index (κ3) is 4.62. The Morgan fingerprint density at radius 3 is 2.44 bits per heavy atom. The van der Waals surface area contributed by atoms with Crippen LogP contribution in [0.2, 0.25) is 0 Å². The minimum atomic E-state index is -0.153. The van der Waals surface area contributed by atoms with Crippen LogP contribution in [0.4, 0.5) is 0 Å². The van der Waals surface area contributed by atoms with Crippen molar-refractivity contribution in [3.8, 4) is 28.3 Å². The number of nitrogens with one attached hydrogen (secondary N) is 1. The number of methoxy groups -OCH3 is 2. The summed E-state index contributed by atoms with van der Waals surface area (Å²) in [6.45, 7) is 5.22. The average Bonchev–Trinajstić information content (AvgIpc) is 3.30. The molecular formula is C25H30N4O3. The van der Waals surface area contributed by atoms with Gasteiger partial charge in [0.25, 0.3) is 5.91 Å². The van der Waals surface area contributed by atoms with Crippen LogP contribution < -0.4 is 14.8 Å². The third-order valence-corrected chi connectivity index (χ3v) is 6.01. The molecule has 1 fully saturated rings. The molecule has 7 nitrogen and oxygen atoms in total. The summed E-state index contributed by atoms with van der Waals surface area (Å²) < 4.78 is 12.6. The Morgan fingerprint density at radius 2 is 1.78 bits per heavy atom. The maximum absolute atomic E-state index is 13.3. The van der Waals surface area contributed by atoms with E-state index in [9.17, 15) is 4.79 Å². The molecule has 1 saturated heterocycles. The molecule has 7 heteroatoms. The smallest absolute Gasteiger partial charge is 0.272 e. The molecule has 0 saturated carbocycles. The van der Waals surface area contributed by atoms with Crippen LogP contribution in [0, 0.1) is 0 Å². The minimum Gasteiger partial charge on any atom is -0.493 e. The second-order valence-corrected chi connectivity index (χ2v) is 7.92. The van der Waals surface area contributed by atoms with Crippen molar-refractivity contribution in [1.29, 1.82) is 0 Å². The van der Waals surface area contributed by atoms with Crippen molar-refractivity contribution in [2.45, 2.75) is 25.8 Å². The zero-order chi connectivity index (χ0) is 22.5. The molecule has 4 rings (SSSR count). The Hall–Kier alpha value is -3.32. The highest BCUT2D eigenvalue weighted by Gasteiger charge is 2.24. The first-order valence-electron chi connectivity index (χ1n) is 11.0. The van der Waals surface area contributed by atoms with E-state index in [-0.39, 0.29) is 11.9 Å². The van der Waals surface area contributed by atoms with E-state index in [2.05, 4.69) is 22.2 Å². The number of carbonyl (C=O) groups excluding carboxylic acids is 1. The lowest BCUT2D eigenvalue weighted by molar-refractivity contribution is 0.0908. The van der Waals surface area contributed by atoms with Gasteiger partial charge >= 0.3 is 0 Å². The van der Waals surface area contributed by atoms with E-state index in [1.807, 2.05) is 54.7 Å². The van der Waals surface area contributed by atoms with E-state index < -0.39 is 0 Å². The van der Waals surface area contributed by atoms with Crippen LogP contribution in [-0.2, 0) is 0 Å². The molecular weight excluding hydrogens is 404 g/mol. The van der Waals surface area contributed by atoms with Crippen molar-refractivity contribution in [2.75, 3.05) is 33.9 Å². The number of benzene rings is 2. The highest BCUT2D eigenvalue weighted by Crippen LogP contribution is 2.34. The molecule has 0 unspecified atom stereocenters. The molecule has 32 heavy (non-hydrogen) atoms. The summed E-state index contributed by atoms with van der Waals surface area (Å²) in [6.07, 6.45) is 3.79. The minimum absolute atomic E-state index is 0.153. The summed E-state index contributed by atoms with van der Waals surface area (Å²) >= 11 is 0. The Morgan fingerprint density at radius 1 is 1.06 bits per heavy atom. The van der Waals surface area contributed by atoms with Crippen LogP contribution in [0.3, 0.4) is 0 Å². The van der Waals surface area contributed by atoms with Crippen LogP contribution in [0.5, 0.6) is 11.5 Å². The van der Waals surface area contributed by atoms with Crippen LogP contribution in [0.25, 0.3) is 16.8 Å². The van der Waals surface area contributed by atoms with E-state index in [1.54, 1.807) is 18.9 Å². The van der Waals surface area contributed by atoms with Gasteiger partial charge in [0.05, 0.1) is 19.9 Å². The number of amides is 1. The number of likely N-dealkylation sites (tertiary alicyclic amines) is 1. The van der Waals surface area contributed by atoms with Crippen molar-refractivity contribution < 1.29 is 14.3 Å². The van der Waals surface area contributed by atoms with Crippen LogP contribution >= 0.6 is 0 Å². The maximum Gasteiger partial charge on any atom is 0.272 e. The van der Waals surface area contributed by atoms with Crippen LogP contribution in [0.15, 0.2) is 54.7 Å². The molecule has 1 aliphatic rings. The van der Waals surface area contributed by atoms with Gasteiger partial charge < -0.3 is 19.7 Å². The second kappa shape index (κ2) is 9.87. The highest BCUT2D eigenvalue weighted by atomic mass is 16.5. The fraction of sp³-hybridized carbons (Fsp3) is 0.360. The van der Waals surface area contributed by atoms with Gasteiger partial charge in [-0.05, 0) is 49.2 Å². The number of hydrogen-bond acceptors (Lipinski definition) is 5. The van der Waals surface area contributed by atoms with Crippen LogP contribution in [0.1, 0.15) is 30.3 Å². The topological polar surface area (TPSA) is 68.6 Å². The number of rotatable bonds is 7. The summed E-state index contributed by atoms with van der Waals surface area (Å²) in [6, 6.07) is 15.6. The van der Waals surface area contributed by atoms with Gasteiger partial charge in [0.1, 0.15) is 0 Å². The first kappa shape index (κ1) is 21.9. The third-order valence-electron chi connectivity index (χ3n) is 6.01. The highest BCUT2D eigenvalue weighted by molar-refractivity contribution is 5.99. The molecule has 1 N–H and O–H groups in total. The lowest BCUT2D eigenvalue weighted by Crippen LogP contribution is -2.44. The lowest BCUT2D eigenvalue weighted by Gasteiger charge is -2.31. The summed E-state index contributed by atoms with van der Waals surface area (Å²) in [5.41, 5.74) is 2.89. The average molecular weight is 435 g/mol. The molecule has 0 atom stereocenters. The predicted molar refractivity (Wildman–Crippen MR) is 125 cm³/mol. The lowest BCUT2D eigenvalue weighted by atomic mass is 10.0. The number of aromatic nitrogens is 2. The maximum atomic E-state index is 13.3. The number of hydrogen-bond donors (Lipinski definition) is 1. The molecule has 2 aromatic carbocycles. The Bertz CT molecular complexity index is 1060. The fourth-order valence-corrected chi connectivity index (χ4v) is 4.12. The van der Waals surface area contributed by atoms with E-state index in [0.29, 0.717) is 17.2 Å². The zero-order valence-electron chi connectivity index (χ0n) is 18.9. The number of piperidine rings is 1. The normalized spacial score (nSPS) is 14.8. The van der Waals surface area contributed by atoms with Gasteiger partial charge in [-0.15, -0.1) is 0 Å². The number of carbonyl (C=O) groups is 1. The first-order valence-corrected chi connectivity index (χ1v) is 11.0. The molecule has 3 aromatic rings. The SMILES string of the molecule is CCN1CCC(NC(=O)c2nn(-c3ccccc3)cc2-c2ccc(OC)c(OC)c2)CC1. The molecule has 0 aliphatic carbocycles. The van der Waals surface area contributed by atoms with Gasteiger partial charge in [-0.25, -0.2) is 4.68 Å². The van der Waals surface area contributed by atoms with E-state index in [4.69, 9.17) is 9.47 Å². The quantitative estimate of drug-likeness (QED) is 0.613. The van der Waals surface area contributed by atoms with Crippen molar-refractivity contribution >= 4 is 5.91 Å². The Balaban J connectivity index is 1.67. The van der Waals surface area contributed by atoms with Crippen molar-refractivity contribution in [2.24, 2.45) is 0 Å². The second-order valence-electron chi connectivity index (χ2n) is 7.92. The van der Waals surface area contributed by atoms with Gasteiger partial charge in [-0.1, -0.05) is 31.2 Å². The van der Waals surface area contributed by atoms with Gasteiger partial charge in [0.15, 0.2) is 17.2 Å². The Kier molecular flexibility index (Phi) is 6.75. The summed E-state index contributed by atoms with van der Waals surface area (Å²) in [7, 11) is 3.21. The van der Waals surface area contributed by atoms with E-state index in [0.717, 1.165) is 49.3 Å². The molecule has 1 aliphatic heterocycles. The van der Waals surface area contributed by atoms with Crippen molar-refractivity contribution in [1.82, 2.24) is 20.0 Å². The monoisotopic (exact) mass is 434 g/mol. The molecule has 1 amide bonds. The van der Waals surface area contributed by atoms with Gasteiger partial charge in [0.2, 0.25) is 0 Å². The largest absolute Gasteiger partial charge is 0.493 e. The van der Waals surface area contributed by atoms with Crippen LogP contribution in [-0.4, -0.2) is 60.5 Å². The summed E-state index contributed by atoms with van der Waals surface area (Å²) in [5, 5.41) is 7.88.